The fourth-order valence-electron chi connectivity index (χ4n) is 2.33. The van der Waals surface area contributed by atoms with Crippen molar-refractivity contribution in [3.8, 4) is 0 Å². The molecule has 0 bridgehead atoms. The van der Waals surface area contributed by atoms with Crippen LogP contribution in [-0.4, -0.2) is 23.6 Å². The minimum Gasteiger partial charge on any atom is -0.466 e. The van der Waals surface area contributed by atoms with Gasteiger partial charge in [0, 0.05) is 11.4 Å². The maximum atomic E-state index is 11.3. The van der Waals surface area contributed by atoms with Gasteiger partial charge in [0.25, 0.3) is 0 Å². The monoisotopic (exact) mass is 268 g/mol. The molecule has 2 unspecified atom stereocenters. The van der Waals surface area contributed by atoms with Gasteiger partial charge in [0.15, 0.2) is 5.13 Å². The first-order valence-corrected chi connectivity index (χ1v) is 7.42. The molecule has 4 nitrogen and oxygen atoms in total. The largest absolute Gasteiger partial charge is 0.466 e. The second-order valence-electron chi connectivity index (χ2n) is 4.89. The summed E-state index contributed by atoms with van der Waals surface area (Å²) >= 11 is 1.57. The van der Waals surface area contributed by atoms with Crippen molar-refractivity contribution in [3.05, 3.63) is 11.1 Å². The van der Waals surface area contributed by atoms with Crippen LogP contribution in [0, 0.1) is 5.92 Å². The zero-order valence-corrected chi connectivity index (χ0v) is 11.8. The Balaban J connectivity index is 1.84. The Morgan fingerprint density at radius 1 is 1.61 bits per heavy atom. The third-order valence-electron chi connectivity index (χ3n) is 3.20. The number of carbonyl (C=O) groups is 1. The molecule has 18 heavy (non-hydrogen) atoms. The molecule has 1 aromatic rings. The van der Waals surface area contributed by atoms with Crippen LogP contribution in [0.3, 0.4) is 0 Å². The first-order chi connectivity index (χ1) is 8.67. The van der Waals surface area contributed by atoms with Crippen LogP contribution in [0.1, 0.15) is 38.8 Å². The van der Waals surface area contributed by atoms with Gasteiger partial charge in [-0.05, 0) is 32.1 Å². The SMILES string of the molecule is CCOC(=O)Cc1csc(NC2CCC(C)C2)n1. The number of thiazole rings is 1. The average Bonchev–Trinajstić information content (AvgIpc) is 2.89. The summed E-state index contributed by atoms with van der Waals surface area (Å²) in [5.74, 6) is 0.602. The van der Waals surface area contributed by atoms with Crippen molar-refractivity contribution >= 4 is 22.4 Å². The zero-order valence-electron chi connectivity index (χ0n) is 10.9. The summed E-state index contributed by atoms with van der Waals surface area (Å²) in [7, 11) is 0. The van der Waals surface area contributed by atoms with Crippen molar-refractivity contribution in [2.24, 2.45) is 5.92 Å². The number of ether oxygens (including phenoxy) is 1. The third-order valence-corrected chi connectivity index (χ3v) is 4.03. The zero-order chi connectivity index (χ0) is 13.0. The van der Waals surface area contributed by atoms with E-state index in [4.69, 9.17) is 4.74 Å². The van der Waals surface area contributed by atoms with E-state index >= 15 is 0 Å². The molecule has 0 amide bonds. The van der Waals surface area contributed by atoms with Crippen LogP contribution in [0.4, 0.5) is 5.13 Å². The molecule has 1 aliphatic carbocycles. The molecule has 1 N–H and O–H groups in total. The van der Waals surface area contributed by atoms with Crippen LogP contribution < -0.4 is 5.32 Å². The van der Waals surface area contributed by atoms with Crippen molar-refractivity contribution in [3.63, 3.8) is 0 Å². The molecular weight excluding hydrogens is 248 g/mol. The highest BCUT2D eigenvalue weighted by atomic mass is 32.1. The maximum absolute atomic E-state index is 11.3. The predicted molar refractivity (Wildman–Crippen MR) is 72.9 cm³/mol. The van der Waals surface area contributed by atoms with Gasteiger partial charge < -0.3 is 10.1 Å². The molecule has 0 saturated heterocycles. The topological polar surface area (TPSA) is 51.2 Å². The number of hydrogen-bond donors (Lipinski definition) is 1. The molecule has 2 atom stereocenters. The van der Waals surface area contributed by atoms with Gasteiger partial charge in [-0.25, -0.2) is 4.98 Å². The number of carbonyl (C=O) groups excluding carboxylic acids is 1. The van der Waals surface area contributed by atoms with Crippen molar-refractivity contribution in [2.45, 2.75) is 45.6 Å². The number of hydrogen-bond acceptors (Lipinski definition) is 5. The summed E-state index contributed by atoms with van der Waals surface area (Å²) < 4.78 is 4.91. The standard InChI is InChI=1S/C13H20N2O2S/c1-3-17-12(16)7-11-8-18-13(15-11)14-10-5-4-9(2)6-10/h8-10H,3-7H2,1-2H3,(H,14,15). The molecule has 0 aliphatic heterocycles. The summed E-state index contributed by atoms with van der Waals surface area (Å²) in [5, 5.41) is 6.30. The van der Waals surface area contributed by atoms with E-state index in [-0.39, 0.29) is 12.4 Å². The molecule has 0 spiro atoms. The highest BCUT2D eigenvalue weighted by molar-refractivity contribution is 7.13. The lowest BCUT2D eigenvalue weighted by molar-refractivity contribution is -0.142. The molecule has 0 radical (unpaired) electrons. The summed E-state index contributed by atoms with van der Waals surface area (Å²) in [4.78, 5) is 15.8. The van der Waals surface area contributed by atoms with Crippen molar-refractivity contribution < 1.29 is 9.53 Å². The lowest BCUT2D eigenvalue weighted by Crippen LogP contribution is -2.15. The first kappa shape index (κ1) is 13.3. The van der Waals surface area contributed by atoms with Gasteiger partial charge in [-0.1, -0.05) is 6.92 Å². The van der Waals surface area contributed by atoms with Crippen LogP contribution in [0.2, 0.25) is 0 Å². The van der Waals surface area contributed by atoms with Crippen molar-refractivity contribution in [1.29, 1.82) is 0 Å². The smallest absolute Gasteiger partial charge is 0.311 e. The first-order valence-electron chi connectivity index (χ1n) is 6.54. The molecular formula is C13H20N2O2S. The van der Waals surface area contributed by atoms with E-state index in [2.05, 4.69) is 17.2 Å². The van der Waals surface area contributed by atoms with Crippen LogP contribution in [-0.2, 0) is 16.0 Å². The van der Waals surface area contributed by atoms with E-state index in [0.717, 1.165) is 16.7 Å². The Hall–Kier alpha value is -1.10. The molecule has 100 valence electrons. The highest BCUT2D eigenvalue weighted by Crippen LogP contribution is 2.28. The quantitative estimate of drug-likeness (QED) is 0.834. The minimum atomic E-state index is -0.205. The summed E-state index contributed by atoms with van der Waals surface area (Å²) in [6.45, 7) is 4.52. The lowest BCUT2D eigenvalue weighted by Gasteiger charge is -2.10. The van der Waals surface area contributed by atoms with Crippen LogP contribution in [0.5, 0.6) is 0 Å². The average molecular weight is 268 g/mol. The van der Waals surface area contributed by atoms with Gasteiger partial charge in [-0.2, -0.15) is 0 Å². The molecule has 5 heteroatoms. The van der Waals surface area contributed by atoms with E-state index < -0.39 is 0 Å². The van der Waals surface area contributed by atoms with Crippen molar-refractivity contribution in [1.82, 2.24) is 4.98 Å². The third kappa shape index (κ3) is 3.70. The predicted octanol–water partition coefficient (Wildman–Crippen LogP) is 2.85. The molecule has 1 aromatic heterocycles. The Morgan fingerprint density at radius 2 is 2.44 bits per heavy atom. The normalized spacial score (nSPS) is 23.0. The van der Waals surface area contributed by atoms with E-state index in [0.29, 0.717) is 12.6 Å². The van der Waals surface area contributed by atoms with E-state index in [1.807, 2.05) is 12.3 Å². The Bertz CT molecular complexity index is 405. The van der Waals surface area contributed by atoms with E-state index in [1.165, 1.54) is 19.3 Å². The summed E-state index contributed by atoms with van der Waals surface area (Å²) in [5.41, 5.74) is 0.798. The van der Waals surface area contributed by atoms with Gasteiger partial charge in [-0.15, -0.1) is 11.3 Å². The molecule has 1 heterocycles. The fourth-order valence-corrected chi connectivity index (χ4v) is 3.12. The summed E-state index contributed by atoms with van der Waals surface area (Å²) in [6.07, 6.45) is 3.99. The Labute approximate surface area is 112 Å². The highest BCUT2D eigenvalue weighted by Gasteiger charge is 2.21. The Morgan fingerprint density at radius 3 is 3.11 bits per heavy atom. The lowest BCUT2D eigenvalue weighted by atomic mass is 10.1. The molecule has 1 aliphatic rings. The second kappa shape index (κ2) is 6.18. The fraction of sp³-hybridized carbons (Fsp3) is 0.692. The van der Waals surface area contributed by atoms with Gasteiger partial charge in [0.05, 0.1) is 18.7 Å². The summed E-state index contributed by atoms with van der Waals surface area (Å²) in [6, 6.07) is 0.543. The number of rotatable bonds is 5. The number of anilines is 1. The van der Waals surface area contributed by atoms with E-state index in [1.54, 1.807) is 11.3 Å². The van der Waals surface area contributed by atoms with E-state index in [9.17, 15) is 4.79 Å². The van der Waals surface area contributed by atoms with Gasteiger partial charge >= 0.3 is 5.97 Å². The van der Waals surface area contributed by atoms with Crippen LogP contribution in [0.15, 0.2) is 5.38 Å². The van der Waals surface area contributed by atoms with Crippen LogP contribution >= 0.6 is 11.3 Å². The van der Waals surface area contributed by atoms with Gasteiger partial charge in [0.1, 0.15) is 0 Å². The second-order valence-corrected chi connectivity index (χ2v) is 5.74. The molecule has 1 fully saturated rings. The Kier molecular flexibility index (Phi) is 4.58. The molecule has 2 rings (SSSR count). The number of aromatic nitrogens is 1. The number of nitrogens with zero attached hydrogens (tertiary/aromatic N) is 1. The molecule has 0 aromatic carbocycles. The number of esters is 1. The molecule has 1 saturated carbocycles. The van der Waals surface area contributed by atoms with Crippen LogP contribution in [0.25, 0.3) is 0 Å². The number of nitrogens with one attached hydrogen (secondary N) is 1. The van der Waals surface area contributed by atoms with Crippen molar-refractivity contribution in [2.75, 3.05) is 11.9 Å². The van der Waals surface area contributed by atoms with Gasteiger partial charge in [-0.3, -0.25) is 4.79 Å². The minimum absolute atomic E-state index is 0.205. The maximum Gasteiger partial charge on any atom is 0.311 e. The van der Waals surface area contributed by atoms with Gasteiger partial charge in [0.2, 0.25) is 0 Å².